The number of aromatic nitrogens is 5. The van der Waals surface area contributed by atoms with Gasteiger partial charge in [0.2, 0.25) is 23.5 Å². The number of pyridine rings is 1. The van der Waals surface area contributed by atoms with Crippen LogP contribution in [0.25, 0.3) is 21.8 Å². The van der Waals surface area contributed by atoms with Crippen molar-refractivity contribution in [3.8, 4) is 5.75 Å². The number of piperidine rings is 2. The molecule has 1 unspecified atom stereocenters. The summed E-state index contributed by atoms with van der Waals surface area (Å²) in [5, 5.41) is 14.6. The van der Waals surface area contributed by atoms with Crippen molar-refractivity contribution in [3.63, 3.8) is 0 Å². The summed E-state index contributed by atoms with van der Waals surface area (Å²) in [6.45, 7) is 8.64. The van der Waals surface area contributed by atoms with E-state index in [2.05, 4.69) is 67.7 Å². The number of amides is 2. The Labute approximate surface area is 372 Å². The number of halogens is 4. The summed E-state index contributed by atoms with van der Waals surface area (Å²) >= 11 is 6.59. The van der Waals surface area contributed by atoms with Gasteiger partial charge >= 0.3 is 5.92 Å². The monoisotopic (exact) mass is 901 g/mol. The van der Waals surface area contributed by atoms with Crippen molar-refractivity contribution < 1.29 is 27.5 Å². The number of benzene rings is 2. The Bertz CT molecular complexity index is 2770. The molecule has 2 aromatic carbocycles. The van der Waals surface area contributed by atoms with Gasteiger partial charge in [-0.25, -0.2) is 18.2 Å². The number of ether oxygens (including phenoxy) is 1. The molecule has 3 N–H and O–H groups in total. The van der Waals surface area contributed by atoms with Gasteiger partial charge in [0.25, 0.3) is 5.56 Å². The van der Waals surface area contributed by atoms with Crippen LogP contribution in [0.4, 0.5) is 42.0 Å². The number of hydrogen-bond acceptors (Lipinski definition) is 12. The number of rotatable bonds is 8. The molecule has 1 saturated carbocycles. The zero-order chi connectivity index (χ0) is 44.8. The van der Waals surface area contributed by atoms with E-state index >= 15 is 13.2 Å². The maximum atomic E-state index is 15.8. The predicted molar refractivity (Wildman–Crippen MR) is 239 cm³/mol. The quantitative estimate of drug-likeness (QED) is 0.150. The van der Waals surface area contributed by atoms with E-state index in [1.807, 2.05) is 11.7 Å². The Morgan fingerprint density at radius 1 is 0.953 bits per heavy atom. The Kier molecular flexibility index (Phi) is 10.5. The molecule has 4 aliphatic heterocycles. The smallest absolute Gasteiger partial charge is 0.301 e. The van der Waals surface area contributed by atoms with E-state index in [1.165, 1.54) is 29.9 Å². The molecule has 19 heteroatoms. The molecule has 5 aromatic rings. The highest BCUT2D eigenvalue weighted by Crippen LogP contribution is 2.46. The fourth-order valence-electron chi connectivity index (χ4n) is 10.1. The van der Waals surface area contributed by atoms with E-state index in [0.29, 0.717) is 48.6 Å². The summed E-state index contributed by atoms with van der Waals surface area (Å²) in [7, 11) is 3.35. The molecule has 10 rings (SSSR count). The van der Waals surface area contributed by atoms with Gasteiger partial charge in [-0.2, -0.15) is 10.1 Å². The first-order chi connectivity index (χ1) is 30.5. The molecular weight excluding hydrogens is 851 g/mol. The molecule has 7 heterocycles. The number of carbonyl (C=O) groups is 2. The number of carbonyl (C=O) groups excluding carboxylic acids is 2. The lowest BCUT2D eigenvalue weighted by Gasteiger charge is -2.49. The van der Waals surface area contributed by atoms with Crippen LogP contribution in [-0.4, -0.2) is 104 Å². The lowest BCUT2D eigenvalue weighted by atomic mass is 9.91. The second-order valence-electron chi connectivity index (χ2n) is 18.7. The topological polar surface area (TPSA) is 155 Å². The summed E-state index contributed by atoms with van der Waals surface area (Å²) in [6, 6.07) is 7.75. The Balaban J connectivity index is 0.796. The van der Waals surface area contributed by atoms with E-state index < -0.39 is 35.9 Å². The van der Waals surface area contributed by atoms with Crippen molar-refractivity contribution in [2.75, 3.05) is 66.3 Å². The standard InChI is InChI=1S/C45H51ClF3N11O4/c1-44(2)22-59(26-7-8-27-34(17-26)57(4)55-36(27)28-9-10-35(61)52-41(28)62)15-16-60(44)21-24-11-13-58(14-12-24)43-50-20-30(46)40(54-43)51-32-18-29-33(19-31(32)47)56(3)42(63)38-37(29)53-39(25-5-6-25)45(48,49)23-64-38/h7-8,17-20,24-25,28,39,53H,5-6,9-16,21-23H2,1-4H3,(H,50,51,54)(H,52,61,62)/t28?,39-/m0/s1. The van der Waals surface area contributed by atoms with Gasteiger partial charge in [0.15, 0.2) is 12.4 Å². The second kappa shape index (κ2) is 15.8. The largest absolute Gasteiger partial charge is 0.480 e. The summed E-state index contributed by atoms with van der Waals surface area (Å²) in [5.41, 5.74) is 2.36. The van der Waals surface area contributed by atoms with Gasteiger partial charge in [-0.3, -0.25) is 29.3 Å². The Morgan fingerprint density at radius 3 is 2.47 bits per heavy atom. The Hall–Kier alpha value is -5.62. The number of anilines is 5. The van der Waals surface area contributed by atoms with E-state index in [9.17, 15) is 14.4 Å². The van der Waals surface area contributed by atoms with Crippen LogP contribution in [-0.2, 0) is 23.7 Å². The molecule has 3 saturated heterocycles. The van der Waals surface area contributed by atoms with Gasteiger partial charge in [0, 0.05) is 87.8 Å². The van der Waals surface area contributed by atoms with Crippen LogP contribution in [0.3, 0.4) is 0 Å². The molecule has 0 radical (unpaired) electrons. The van der Waals surface area contributed by atoms with Crippen LogP contribution in [0.2, 0.25) is 5.02 Å². The number of alkyl halides is 2. The molecule has 15 nitrogen and oxygen atoms in total. The van der Waals surface area contributed by atoms with Crippen LogP contribution in [0.15, 0.2) is 41.3 Å². The minimum Gasteiger partial charge on any atom is -0.480 e. The van der Waals surface area contributed by atoms with Crippen molar-refractivity contribution in [3.05, 3.63) is 63.4 Å². The molecule has 5 aliphatic rings. The lowest BCUT2D eigenvalue weighted by molar-refractivity contribution is -0.134. The zero-order valence-corrected chi connectivity index (χ0v) is 36.9. The third-order valence-corrected chi connectivity index (χ3v) is 14.2. The number of nitrogens with one attached hydrogen (secondary N) is 3. The minimum atomic E-state index is -3.21. The van der Waals surface area contributed by atoms with Crippen molar-refractivity contribution in [1.82, 2.24) is 34.5 Å². The van der Waals surface area contributed by atoms with Crippen molar-refractivity contribution in [2.45, 2.75) is 75.8 Å². The molecule has 338 valence electrons. The van der Waals surface area contributed by atoms with Crippen LogP contribution < -0.4 is 36.0 Å². The maximum absolute atomic E-state index is 15.8. The average molecular weight is 902 g/mol. The number of imide groups is 1. The van der Waals surface area contributed by atoms with E-state index in [0.717, 1.165) is 68.7 Å². The maximum Gasteiger partial charge on any atom is 0.301 e. The van der Waals surface area contributed by atoms with Crippen LogP contribution in [0, 0.1) is 17.7 Å². The van der Waals surface area contributed by atoms with Crippen molar-refractivity contribution in [1.29, 1.82) is 0 Å². The van der Waals surface area contributed by atoms with E-state index in [-0.39, 0.29) is 56.8 Å². The number of aryl methyl sites for hydroxylation is 2. The normalized spacial score (nSPS) is 22.8. The molecule has 1 aliphatic carbocycles. The average Bonchev–Trinajstić information content (AvgIpc) is 4.06. The molecule has 0 bridgehead atoms. The molecular formula is C45H51ClF3N11O4. The molecule has 2 amide bonds. The molecule has 0 spiro atoms. The minimum absolute atomic E-state index is 0.00135. The first-order valence-electron chi connectivity index (χ1n) is 22.0. The summed E-state index contributed by atoms with van der Waals surface area (Å²) in [6.07, 6.45) is 5.38. The summed E-state index contributed by atoms with van der Waals surface area (Å²) in [4.78, 5) is 54.0. The Morgan fingerprint density at radius 2 is 1.73 bits per heavy atom. The van der Waals surface area contributed by atoms with Gasteiger partial charge in [-0.1, -0.05) is 11.6 Å². The third kappa shape index (κ3) is 7.65. The first-order valence-corrected chi connectivity index (χ1v) is 22.4. The first kappa shape index (κ1) is 42.3. The van der Waals surface area contributed by atoms with Gasteiger partial charge in [-0.15, -0.1) is 0 Å². The third-order valence-electron chi connectivity index (χ3n) is 13.9. The summed E-state index contributed by atoms with van der Waals surface area (Å²) < 4.78 is 54.7. The summed E-state index contributed by atoms with van der Waals surface area (Å²) in [5.74, 6) is -4.26. The fraction of sp³-hybridized carbons (Fsp3) is 0.511. The van der Waals surface area contributed by atoms with Crippen LogP contribution >= 0.6 is 11.6 Å². The number of fused-ring (bicyclic) bond motifs is 4. The predicted octanol–water partition coefficient (Wildman–Crippen LogP) is 6.31. The molecule has 4 fully saturated rings. The van der Waals surface area contributed by atoms with E-state index in [4.69, 9.17) is 26.4 Å². The van der Waals surface area contributed by atoms with E-state index in [1.54, 1.807) is 0 Å². The van der Waals surface area contributed by atoms with Crippen molar-refractivity contribution >= 4 is 74.0 Å². The van der Waals surface area contributed by atoms with Crippen molar-refractivity contribution in [2.24, 2.45) is 25.9 Å². The number of hydrogen-bond donors (Lipinski definition) is 3. The molecule has 64 heavy (non-hydrogen) atoms. The molecule has 3 aromatic heterocycles. The zero-order valence-electron chi connectivity index (χ0n) is 36.2. The van der Waals surface area contributed by atoms with Crippen LogP contribution in [0.1, 0.15) is 64.0 Å². The number of piperazine rings is 1. The number of nitrogens with zero attached hydrogens (tertiary/aromatic N) is 8. The highest BCUT2D eigenvalue weighted by Gasteiger charge is 2.51. The second-order valence-corrected chi connectivity index (χ2v) is 19.1. The fourth-order valence-corrected chi connectivity index (χ4v) is 10.2. The lowest BCUT2D eigenvalue weighted by Crippen LogP contribution is -2.60. The van der Waals surface area contributed by atoms with Gasteiger partial charge in [-0.05, 0) is 82.1 Å². The van der Waals surface area contributed by atoms with Gasteiger partial charge in [0.05, 0.1) is 46.3 Å². The highest BCUT2D eigenvalue weighted by molar-refractivity contribution is 6.33. The molecule has 2 atom stereocenters. The SMILES string of the molecule is Cn1nc(C2CCC(=O)NC2=O)c2ccc(N3CCN(CC4CCN(c5ncc(Cl)c(Nc6cc7c8c(c(=O)n(C)c7cc6F)OCC(F)(F)[C@H](C6CC6)N8)n5)CC4)C(C)(C)C3)cc21. The van der Waals surface area contributed by atoms with Crippen LogP contribution in [0.5, 0.6) is 5.75 Å². The highest BCUT2D eigenvalue weighted by atomic mass is 35.5. The van der Waals surface area contributed by atoms with Gasteiger partial charge in [0.1, 0.15) is 10.8 Å². The van der Waals surface area contributed by atoms with Gasteiger partial charge < -0.3 is 29.7 Å².